The lowest BCUT2D eigenvalue weighted by Gasteiger charge is -2.16. The van der Waals surface area contributed by atoms with Gasteiger partial charge in [0.1, 0.15) is 0 Å². The summed E-state index contributed by atoms with van der Waals surface area (Å²) in [5, 5.41) is 9.16. The van der Waals surface area contributed by atoms with Gasteiger partial charge < -0.3 is 4.90 Å². The standard InChI is InChI=1S/C16H17F3N2OS/c1-21(2)10-11-5-3-4-6-14(11)23-15-8-7-12(16(17,18)19)9-13(15)20-22/h3-9,20,22H,10H2,1-2H3. The fourth-order valence-electron chi connectivity index (χ4n) is 2.08. The van der Waals surface area contributed by atoms with Crippen molar-refractivity contribution in [3.8, 4) is 0 Å². The summed E-state index contributed by atoms with van der Waals surface area (Å²) in [6, 6.07) is 10.9. The van der Waals surface area contributed by atoms with E-state index in [0.717, 1.165) is 22.6 Å². The second-order valence-electron chi connectivity index (χ2n) is 5.27. The van der Waals surface area contributed by atoms with Crippen LogP contribution in [-0.4, -0.2) is 24.2 Å². The third kappa shape index (κ3) is 4.63. The first-order chi connectivity index (χ1) is 10.8. The number of anilines is 1. The summed E-state index contributed by atoms with van der Waals surface area (Å²) in [5.41, 5.74) is 2.15. The minimum atomic E-state index is -4.45. The molecule has 0 unspecified atom stereocenters. The Kier molecular flexibility index (Phi) is 5.56. The van der Waals surface area contributed by atoms with Gasteiger partial charge in [0, 0.05) is 16.3 Å². The number of benzene rings is 2. The summed E-state index contributed by atoms with van der Waals surface area (Å²) < 4.78 is 38.2. The Bertz CT molecular complexity index is 675. The minimum absolute atomic E-state index is 0.0319. The predicted molar refractivity (Wildman–Crippen MR) is 84.8 cm³/mol. The van der Waals surface area contributed by atoms with Crippen LogP contribution < -0.4 is 5.48 Å². The van der Waals surface area contributed by atoms with E-state index >= 15 is 0 Å². The zero-order chi connectivity index (χ0) is 17.0. The molecular formula is C16H17F3N2OS. The van der Waals surface area contributed by atoms with E-state index in [-0.39, 0.29) is 5.69 Å². The Morgan fingerprint density at radius 3 is 2.39 bits per heavy atom. The second-order valence-corrected chi connectivity index (χ2v) is 6.35. The third-order valence-corrected chi connectivity index (χ3v) is 4.30. The van der Waals surface area contributed by atoms with E-state index in [4.69, 9.17) is 5.21 Å². The number of hydrogen-bond donors (Lipinski definition) is 2. The van der Waals surface area contributed by atoms with Gasteiger partial charge in [0.25, 0.3) is 0 Å². The molecule has 2 N–H and O–H groups in total. The topological polar surface area (TPSA) is 35.5 Å². The fourth-order valence-corrected chi connectivity index (χ4v) is 3.07. The molecule has 2 aromatic carbocycles. The Morgan fingerprint density at radius 1 is 1.09 bits per heavy atom. The lowest BCUT2D eigenvalue weighted by molar-refractivity contribution is -0.137. The van der Waals surface area contributed by atoms with Gasteiger partial charge in [0.05, 0.1) is 11.3 Å². The number of nitrogens with zero attached hydrogens (tertiary/aromatic N) is 1. The van der Waals surface area contributed by atoms with Crippen molar-refractivity contribution in [3.05, 3.63) is 53.6 Å². The Balaban J connectivity index is 2.34. The first kappa shape index (κ1) is 17.7. The summed E-state index contributed by atoms with van der Waals surface area (Å²) in [5.74, 6) is 0. The highest BCUT2D eigenvalue weighted by Gasteiger charge is 2.31. The molecule has 0 bridgehead atoms. The molecule has 0 aliphatic heterocycles. The molecule has 0 aliphatic rings. The largest absolute Gasteiger partial charge is 0.416 e. The maximum atomic E-state index is 12.7. The monoisotopic (exact) mass is 342 g/mol. The van der Waals surface area contributed by atoms with Crippen LogP contribution in [-0.2, 0) is 12.7 Å². The van der Waals surface area contributed by atoms with Gasteiger partial charge in [-0.05, 0) is 43.9 Å². The van der Waals surface area contributed by atoms with Crippen molar-refractivity contribution in [1.29, 1.82) is 0 Å². The van der Waals surface area contributed by atoms with Crippen LogP contribution in [0, 0.1) is 0 Å². The van der Waals surface area contributed by atoms with Gasteiger partial charge in [0.15, 0.2) is 0 Å². The van der Waals surface area contributed by atoms with Crippen molar-refractivity contribution in [2.75, 3.05) is 19.6 Å². The summed E-state index contributed by atoms with van der Waals surface area (Å²) in [7, 11) is 3.89. The van der Waals surface area contributed by atoms with Crippen molar-refractivity contribution in [2.45, 2.75) is 22.5 Å². The zero-order valence-corrected chi connectivity index (χ0v) is 13.5. The molecule has 0 amide bonds. The molecule has 0 aromatic heterocycles. The number of rotatable bonds is 5. The van der Waals surface area contributed by atoms with Crippen molar-refractivity contribution in [3.63, 3.8) is 0 Å². The number of hydrogen-bond acceptors (Lipinski definition) is 4. The quantitative estimate of drug-likeness (QED) is 0.771. The first-order valence-electron chi connectivity index (χ1n) is 6.83. The lowest BCUT2D eigenvalue weighted by Crippen LogP contribution is -2.11. The molecule has 0 aliphatic carbocycles. The molecule has 7 heteroatoms. The van der Waals surface area contributed by atoms with Crippen LogP contribution in [0.15, 0.2) is 52.3 Å². The number of alkyl halides is 3. The molecule has 0 radical (unpaired) electrons. The van der Waals surface area contributed by atoms with E-state index in [1.54, 1.807) is 0 Å². The van der Waals surface area contributed by atoms with Crippen LogP contribution in [0.25, 0.3) is 0 Å². The molecular weight excluding hydrogens is 325 g/mol. The first-order valence-corrected chi connectivity index (χ1v) is 7.64. The van der Waals surface area contributed by atoms with E-state index in [9.17, 15) is 13.2 Å². The van der Waals surface area contributed by atoms with Crippen LogP contribution in [0.3, 0.4) is 0 Å². The highest BCUT2D eigenvalue weighted by molar-refractivity contribution is 7.99. The summed E-state index contributed by atoms with van der Waals surface area (Å²) in [6.45, 7) is 0.714. The average Bonchev–Trinajstić information content (AvgIpc) is 2.48. The van der Waals surface area contributed by atoms with Gasteiger partial charge in [-0.3, -0.25) is 10.7 Å². The lowest BCUT2D eigenvalue weighted by atomic mass is 10.2. The van der Waals surface area contributed by atoms with E-state index < -0.39 is 11.7 Å². The molecule has 0 heterocycles. The van der Waals surface area contributed by atoms with Gasteiger partial charge in [0.2, 0.25) is 0 Å². The van der Waals surface area contributed by atoms with Crippen LogP contribution in [0.1, 0.15) is 11.1 Å². The maximum Gasteiger partial charge on any atom is 0.416 e. The average molecular weight is 342 g/mol. The minimum Gasteiger partial charge on any atom is -0.305 e. The van der Waals surface area contributed by atoms with E-state index in [0.29, 0.717) is 11.4 Å². The molecule has 0 saturated carbocycles. The normalized spacial score (nSPS) is 11.8. The van der Waals surface area contributed by atoms with Crippen molar-refractivity contribution >= 4 is 17.4 Å². The highest BCUT2D eigenvalue weighted by atomic mass is 32.2. The Hall–Kier alpha value is -1.70. The van der Waals surface area contributed by atoms with Crippen LogP contribution >= 0.6 is 11.8 Å². The van der Waals surface area contributed by atoms with E-state index in [1.807, 2.05) is 48.7 Å². The van der Waals surface area contributed by atoms with Crippen LogP contribution in [0.2, 0.25) is 0 Å². The molecule has 0 fully saturated rings. The Labute approximate surface area is 137 Å². The van der Waals surface area contributed by atoms with Gasteiger partial charge >= 0.3 is 6.18 Å². The van der Waals surface area contributed by atoms with Crippen molar-refractivity contribution in [1.82, 2.24) is 4.90 Å². The fraction of sp³-hybridized carbons (Fsp3) is 0.250. The van der Waals surface area contributed by atoms with Gasteiger partial charge in [-0.2, -0.15) is 13.2 Å². The van der Waals surface area contributed by atoms with Crippen LogP contribution in [0.4, 0.5) is 18.9 Å². The smallest absolute Gasteiger partial charge is 0.305 e. The van der Waals surface area contributed by atoms with Gasteiger partial charge in [-0.1, -0.05) is 30.0 Å². The Morgan fingerprint density at radius 2 is 1.78 bits per heavy atom. The highest BCUT2D eigenvalue weighted by Crippen LogP contribution is 2.39. The summed E-state index contributed by atoms with van der Waals surface area (Å²) in [6.07, 6.45) is -4.45. The second kappa shape index (κ2) is 7.25. The molecule has 2 rings (SSSR count). The molecule has 0 spiro atoms. The summed E-state index contributed by atoms with van der Waals surface area (Å²) >= 11 is 1.31. The maximum absolute atomic E-state index is 12.7. The molecule has 23 heavy (non-hydrogen) atoms. The molecule has 2 aromatic rings. The SMILES string of the molecule is CN(C)Cc1ccccc1Sc1ccc(C(F)(F)F)cc1NO. The molecule has 3 nitrogen and oxygen atoms in total. The van der Waals surface area contributed by atoms with Gasteiger partial charge in [-0.15, -0.1) is 0 Å². The van der Waals surface area contributed by atoms with Crippen molar-refractivity contribution in [2.24, 2.45) is 0 Å². The van der Waals surface area contributed by atoms with Crippen LogP contribution in [0.5, 0.6) is 0 Å². The van der Waals surface area contributed by atoms with Gasteiger partial charge in [-0.25, -0.2) is 0 Å². The number of nitrogens with one attached hydrogen (secondary N) is 1. The van der Waals surface area contributed by atoms with E-state index in [1.165, 1.54) is 17.8 Å². The van der Waals surface area contributed by atoms with E-state index in [2.05, 4.69) is 0 Å². The molecule has 0 saturated heterocycles. The molecule has 0 atom stereocenters. The zero-order valence-electron chi connectivity index (χ0n) is 12.7. The number of halogens is 3. The summed E-state index contributed by atoms with van der Waals surface area (Å²) in [4.78, 5) is 3.46. The third-order valence-electron chi connectivity index (χ3n) is 3.11. The molecule has 124 valence electrons. The predicted octanol–water partition coefficient (Wildman–Crippen LogP) is 4.72. The van der Waals surface area contributed by atoms with Crippen molar-refractivity contribution < 1.29 is 18.4 Å².